The van der Waals surface area contributed by atoms with Crippen LogP contribution in [0.15, 0.2) is 54.6 Å². The van der Waals surface area contributed by atoms with E-state index in [4.69, 9.17) is 5.11 Å². The molecule has 2 N–H and O–H groups in total. The molecule has 1 heterocycles. The number of rotatable bonds is 9. The SMILES string of the molecule is O=C(O)c1cccc(CCCN2CCC(CN[C@H]3C[C@@H]3c3ccccc3)CC2)c1. The standard InChI is InChI=1S/C25H32N2O2/c28-25(29)22-10-4-6-19(16-22)7-5-13-27-14-11-20(12-15-27)18-26-24-17-23(24)21-8-2-1-3-9-21/h1-4,6,8-10,16,20,23-24,26H,5,7,11-15,17-18H2,(H,28,29)/t23-,24+/m1/s1. The number of hydrogen-bond acceptors (Lipinski definition) is 3. The number of hydrogen-bond donors (Lipinski definition) is 2. The summed E-state index contributed by atoms with van der Waals surface area (Å²) in [7, 11) is 0. The Hall–Kier alpha value is -2.17. The van der Waals surface area contributed by atoms with E-state index in [-0.39, 0.29) is 0 Å². The van der Waals surface area contributed by atoms with Crippen molar-refractivity contribution in [1.82, 2.24) is 10.2 Å². The fourth-order valence-corrected chi connectivity index (χ4v) is 4.59. The summed E-state index contributed by atoms with van der Waals surface area (Å²) in [5.74, 6) is 0.676. The molecule has 4 heteroatoms. The van der Waals surface area contributed by atoms with Crippen molar-refractivity contribution >= 4 is 5.97 Å². The summed E-state index contributed by atoms with van der Waals surface area (Å²) in [6.45, 7) is 4.64. The Morgan fingerprint density at radius 3 is 2.62 bits per heavy atom. The van der Waals surface area contributed by atoms with Crippen LogP contribution in [-0.2, 0) is 6.42 Å². The lowest BCUT2D eigenvalue weighted by atomic mass is 9.96. The van der Waals surface area contributed by atoms with Crippen LogP contribution >= 0.6 is 0 Å². The lowest BCUT2D eigenvalue weighted by Crippen LogP contribution is -2.38. The summed E-state index contributed by atoms with van der Waals surface area (Å²) in [6.07, 6.45) is 5.89. The number of benzene rings is 2. The largest absolute Gasteiger partial charge is 0.478 e. The lowest BCUT2D eigenvalue weighted by Gasteiger charge is -2.32. The third-order valence-corrected chi connectivity index (χ3v) is 6.51. The first-order valence-corrected chi connectivity index (χ1v) is 11.0. The molecular formula is C25H32N2O2. The Labute approximate surface area is 173 Å². The van der Waals surface area contributed by atoms with E-state index in [0.29, 0.717) is 11.6 Å². The van der Waals surface area contributed by atoms with Gasteiger partial charge in [0.2, 0.25) is 0 Å². The van der Waals surface area contributed by atoms with Crippen molar-refractivity contribution in [1.29, 1.82) is 0 Å². The number of carboxylic acids is 1. The van der Waals surface area contributed by atoms with E-state index >= 15 is 0 Å². The van der Waals surface area contributed by atoms with Gasteiger partial charge in [0.25, 0.3) is 0 Å². The smallest absolute Gasteiger partial charge is 0.335 e. The highest BCUT2D eigenvalue weighted by Crippen LogP contribution is 2.40. The van der Waals surface area contributed by atoms with Crippen molar-refractivity contribution in [3.63, 3.8) is 0 Å². The number of carboxylic acid groups (broad SMARTS) is 1. The second kappa shape index (κ2) is 9.55. The van der Waals surface area contributed by atoms with Gasteiger partial charge in [-0.1, -0.05) is 42.5 Å². The molecule has 0 aromatic heterocycles. The lowest BCUT2D eigenvalue weighted by molar-refractivity contribution is 0.0696. The van der Waals surface area contributed by atoms with Crippen molar-refractivity contribution in [2.75, 3.05) is 26.2 Å². The predicted octanol–water partition coefficient (Wildman–Crippen LogP) is 4.18. The van der Waals surface area contributed by atoms with Gasteiger partial charge in [-0.05, 0) is 87.5 Å². The van der Waals surface area contributed by atoms with Gasteiger partial charge in [0.15, 0.2) is 0 Å². The average molecular weight is 393 g/mol. The molecule has 4 nitrogen and oxygen atoms in total. The first-order valence-electron chi connectivity index (χ1n) is 11.0. The molecule has 0 radical (unpaired) electrons. The number of likely N-dealkylation sites (tertiary alicyclic amines) is 1. The van der Waals surface area contributed by atoms with Gasteiger partial charge >= 0.3 is 5.97 Å². The summed E-state index contributed by atoms with van der Waals surface area (Å²) in [5.41, 5.74) is 3.00. The van der Waals surface area contributed by atoms with Crippen molar-refractivity contribution in [3.05, 3.63) is 71.3 Å². The molecule has 0 spiro atoms. The molecule has 2 aromatic carbocycles. The predicted molar refractivity (Wildman–Crippen MR) is 116 cm³/mol. The molecule has 1 aliphatic heterocycles. The van der Waals surface area contributed by atoms with E-state index in [0.717, 1.165) is 43.3 Å². The molecular weight excluding hydrogens is 360 g/mol. The minimum Gasteiger partial charge on any atom is -0.478 e. The van der Waals surface area contributed by atoms with Gasteiger partial charge in [-0.15, -0.1) is 0 Å². The minimum absolute atomic E-state index is 0.390. The first-order chi connectivity index (χ1) is 14.2. The quantitative estimate of drug-likeness (QED) is 0.672. The summed E-state index contributed by atoms with van der Waals surface area (Å²) in [5, 5.41) is 12.9. The highest BCUT2D eigenvalue weighted by Gasteiger charge is 2.38. The molecule has 0 unspecified atom stereocenters. The molecule has 154 valence electrons. The molecule has 2 atom stereocenters. The van der Waals surface area contributed by atoms with Crippen LogP contribution in [0.1, 0.15) is 53.1 Å². The number of nitrogens with zero attached hydrogens (tertiary/aromatic N) is 1. The molecule has 2 aromatic rings. The molecule has 1 aliphatic carbocycles. The second-order valence-electron chi connectivity index (χ2n) is 8.66. The minimum atomic E-state index is -0.844. The van der Waals surface area contributed by atoms with Gasteiger partial charge in [0.1, 0.15) is 0 Å². The second-order valence-corrected chi connectivity index (χ2v) is 8.66. The maximum atomic E-state index is 11.1. The number of aromatic carboxylic acids is 1. The van der Waals surface area contributed by atoms with E-state index in [2.05, 4.69) is 40.5 Å². The molecule has 4 rings (SSSR count). The van der Waals surface area contributed by atoms with Crippen LogP contribution in [0.5, 0.6) is 0 Å². The van der Waals surface area contributed by atoms with Gasteiger partial charge in [-0.25, -0.2) is 4.79 Å². The third kappa shape index (κ3) is 5.68. The molecule has 1 saturated heterocycles. The molecule has 1 saturated carbocycles. The van der Waals surface area contributed by atoms with E-state index in [1.165, 1.54) is 37.9 Å². The van der Waals surface area contributed by atoms with E-state index in [1.54, 1.807) is 12.1 Å². The van der Waals surface area contributed by atoms with Crippen LogP contribution in [0.4, 0.5) is 0 Å². The molecule has 29 heavy (non-hydrogen) atoms. The molecule has 2 fully saturated rings. The monoisotopic (exact) mass is 392 g/mol. The average Bonchev–Trinajstić information content (AvgIpc) is 3.54. The summed E-state index contributed by atoms with van der Waals surface area (Å²) in [6, 6.07) is 18.9. The number of aryl methyl sites for hydroxylation is 1. The van der Waals surface area contributed by atoms with Crippen molar-refractivity contribution < 1.29 is 9.90 Å². The van der Waals surface area contributed by atoms with E-state index in [1.807, 2.05) is 12.1 Å². The van der Waals surface area contributed by atoms with Gasteiger partial charge in [-0.3, -0.25) is 0 Å². The zero-order chi connectivity index (χ0) is 20.1. The van der Waals surface area contributed by atoms with Crippen LogP contribution in [0.25, 0.3) is 0 Å². The van der Waals surface area contributed by atoms with E-state index in [9.17, 15) is 4.79 Å². The van der Waals surface area contributed by atoms with E-state index < -0.39 is 5.97 Å². The molecule has 0 bridgehead atoms. The van der Waals surface area contributed by atoms with Gasteiger partial charge < -0.3 is 15.3 Å². The Balaban J connectivity index is 1.11. The fraction of sp³-hybridized carbons (Fsp3) is 0.480. The maximum Gasteiger partial charge on any atom is 0.335 e. The van der Waals surface area contributed by atoms with Gasteiger partial charge in [0.05, 0.1) is 5.56 Å². The first kappa shape index (κ1) is 20.1. The summed E-state index contributed by atoms with van der Waals surface area (Å²) < 4.78 is 0. The topological polar surface area (TPSA) is 52.6 Å². The maximum absolute atomic E-state index is 11.1. The Morgan fingerprint density at radius 1 is 1.07 bits per heavy atom. The molecule has 0 amide bonds. The van der Waals surface area contributed by atoms with Crippen molar-refractivity contribution in [2.45, 2.75) is 44.1 Å². The number of carbonyl (C=O) groups is 1. The molecule has 2 aliphatic rings. The zero-order valence-corrected chi connectivity index (χ0v) is 17.1. The third-order valence-electron chi connectivity index (χ3n) is 6.51. The zero-order valence-electron chi connectivity index (χ0n) is 17.1. The Morgan fingerprint density at radius 2 is 1.86 bits per heavy atom. The van der Waals surface area contributed by atoms with Gasteiger partial charge in [0, 0.05) is 12.0 Å². The summed E-state index contributed by atoms with van der Waals surface area (Å²) in [4.78, 5) is 13.7. The fourth-order valence-electron chi connectivity index (χ4n) is 4.59. The Bertz CT molecular complexity index is 799. The van der Waals surface area contributed by atoms with Crippen LogP contribution in [-0.4, -0.2) is 48.2 Å². The number of nitrogens with one attached hydrogen (secondary N) is 1. The van der Waals surface area contributed by atoms with Crippen molar-refractivity contribution in [3.8, 4) is 0 Å². The van der Waals surface area contributed by atoms with Crippen LogP contribution < -0.4 is 5.32 Å². The van der Waals surface area contributed by atoms with Crippen molar-refractivity contribution in [2.24, 2.45) is 5.92 Å². The Kier molecular flexibility index (Phi) is 6.63. The highest BCUT2D eigenvalue weighted by atomic mass is 16.4. The normalized spacial score (nSPS) is 22.5. The number of piperidine rings is 1. The highest BCUT2D eigenvalue weighted by molar-refractivity contribution is 5.87. The van der Waals surface area contributed by atoms with Gasteiger partial charge in [-0.2, -0.15) is 0 Å². The van der Waals surface area contributed by atoms with Crippen LogP contribution in [0, 0.1) is 5.92 Å². The summed E-state index contributed by atoms with van der Waals surface area (Å²) >= 11 is 0. The van der Waals surface area contributed by atoms with Crippen LogP contribution in [0.2, 0.25) is 0 Å². The van der Waals surface area contributed by atoms with Crippen LogP contribution in [0.3, 0.4) is 0 Å².